The van der Waals surface area contributed by atoms with Crippen LogP contribution in [0.1, 0.15) is 5.56 Å². The first-order chi connectivity index (χ1) is 11.4. The Bertz CT molecular complexity index is 900. The van der Waals surface area contributed by atoms with E-state index in [2.05, 4.69) is 5.43 Å². The highest BCUT2D eigenvalue weighted by Crippen LogP contribution is 2.29. The summed E-state index contributed by atoms with van der Waals surface area (Å²) < 4.78 is 26.2. The summed E-state index contributed by atoms with van der Waals surface area (Å²) in [4.78, 5) is 24.4. The number of rotatable bonds is 2. The quantitative estimate of drug-likeness (QED) is 0.648. The Labute approximate surface area is 145 Å². The molecule has 1 heterocycles. The summed E-state index contributed by atoms with van der Waals surface area (Å²) in [6, 6.07) is 7.47. The predicted octanol–water partition coefficient (Wildman–Crippen LogP) is 3.73. The van der Waals surface area contributed by atoms with Crippen molar-refractivity contribution in [2.24, 2.45) is 0 Å². The van der Waals surface area contributed by atoms with E-state index in [0.717, 1.165) is 17.1 Å². The number of hydrogen-bond donors (Lipinski definition) is 1. The maximum atomic E-state index is 13.2. The van der Waals surface area contributed by atoms with Crippen molar-refractivity contribution in [2.75, 3.05) is 5.01 Å². The van der Waals surface area contributed by atoms with Gasteiger partial charge in [0, 0.05) is 0 Å². The van der Waals surface area contributed by atoms with Crippen molar-refractivity contribution in [3.8, 4) is 0 Å². The first-order valence-corrected chi connectivity index (χ1v) is 7.39. The van der Waals surface area contributed by atoms with E-state index in [-0.39, 0.29) is 16.2 Å². The zero-order valence-electron chi connectivity index (χ0n) is 11.8. The second-order valence-corrected chi connectivity index (χ2v) is 5.73. The van der Waals surface area contributed by atoms with Gasteiger partial charge in [-0.05, 0) is 42.0 Å². The van der Waals surface area contributed by atoms with Crippen LogP contribution in [-0.4, -0.2) is 11.8 Å². The Balaban J connectivity index is 1.95. The Kier molecular flexibility index (Phi) is 4.26. The van der Waals surface area contributed by atoms with Crippen LogP contribution < -0.4 is 10.4 Å². The minimum atomic E-state index is -1.07. The average molecular weight is 369 g/mol. The van der Waals surface area contributed by atoms with Gasteiger partial charge in [-0.15, -0.1) is 0 Å². The molecule has 3 rings (SSSR count). The molecule has 1 fully saturated rings. The SMILES string of the molecule is O=C1NN(c2ccc(Cl)c(Cl)c2)C(=O)/C1=C/c1ccc(F)c(F)c1. The molecule has 2 amide bonds. The van der Waals surface area contributed by atoms with E-state index in [0.29, 0.717) is 10.7 Å². The van der Waals surface area contributed by atoms with Crippen molar-refractivity contribution in [1.29, 1.82) is 0 Å². The number of nitrogens with zero attached hydrogens (tertiary/aromatic N) is 1. The zero-order chi connectivity index (χ0) is 17.4. The summed E-state index contributed by atoms with van der Waals surface area (Å²) in [7, 11) is 0. The molecular formula is C16H8Cl2F2N2O2. The lowest BCUT2D eigenvalue weighted by atomic mass is 10.1. The average Bonchev–Trinajstić information content (AvgIpc) is 2.82. The van der Waals surface area contributed by atoms with E-state index in [1.807, 2.05) is 0 Å². The number of amides is 2. The van der Waals surface area contributed by atoms with E-state index in [1.54, 1.807) is 0 Å². The molecule has 0 aliphatic carbocycles. The van der Waals surface area contributed by atoms with Gasteiger partial charge < -0.3 is 0 Å². The van der Waals surface area contributed by atoms with Gasteiger partial charge in [0.1, 0.15) is 5.57 Å². The molecule has 0 saturated carbocycles. The van der Waals surface area contributed by atoms with Crippen LogP contribution in [0.5, 0.6) is 0 Å². The third kappa shape index (κ3) is 2.98. The molecule has 0 radical (unpaired) electrons. The minimum Gasteiger partial charge on any atom is -0.267 e. The zero-order valence-corrected chi connectivity index (χ0v) is 13.3. The Morgan fingerprint density at radius 2 is 1.71 bits per heavy atom. The maximum absolute atomic E-state index is 13.2. The monoisotopic (exact) mass is 368 g/mol. The summed E-state index contributed by atoms with van der Waals surface area (Å²) in [5, 5.41) is 1.51. The van der Waals surface area contributed by atoms with Gasteiger partial charge in [-0.3, -0.25) is 15.0 Å². The predicted molar refractivity (Wildman–Crippen MR) is 86.4 cm³/mol. The highest BCUT2D eigenvalue weighted by Gasteiger charge is 2.34. The molecule has 0 unspecified atom stereocenters. The molecule has 1 saturated heterocycles. The van der Waals surface area contributed by atoms with Crippen LogP contribution in [0.4, 0.5) is 14.5 Å². The molecule has 2 aromatic carbocycles. The molecule has 0 spiro atoms. The van der Waals surface area contributed by atoms with E-state index in [1.165, 1.54) is 30.3 Å². The fourth-order valence-electron chi connectivity index (χ4n) is 2.13. The van der Waals surface area contributed by atoms with Crippen molar-refractivity contribution >= 4 is 46.8 Å². The molecule has 24 heavy (non-hydrogen) atoms. The molecular weight excluding hydrogens is 361 g/mol. The number of benzene rings is 2. The molecule has 1 aliphatic heterocycles. The van der Waals surface area contributed by atoms with Crippen LogP contribution in [-0.2, 0) is 9.59 Å². The first kappa shape index (κ1) is 16.4. The molecule has 1 N–H and O–H groups in total. The van der Waals surface area contributed by atoms with Crippen molar-refractivity contribution in [1.82, 2.24) is 5.43 Å². The minimum absolute atomic E-state index is 0.184. The smallest absolute Gasteiger partial charge is 0.267 e. The molecule has 0 bridgehead atoms. The highest BCUT2D eigenvalue weighted by atomic mass is 35.5. The summed E-state index contributed by atoms with van der Waals surface area (Å²) in [6.45, 7) is 0. The number of halogens is 4. The lowest BCUT2D eigenvalue weighted by Crippen LogP contribution is -2.35. The molecule has 1 aliphatic rings. The van der Waals surface area contributed by atoms with Crippen molar-refractivity contribution in [3.63, 3.8) is 0 Å². The topological polar surface area (TPSA) is 49.4 Å². The third-order valence-corrected chi connectivity index (χ3v) is 4.05. The van der Waals surface area contributed by atoms with Crippen molar-refractivity contribution in [3.05, 3.63) is 69.2 Å². The standard InChI is InChI=1S/C16H8Cl2F2N2O2/c17-11-3-2-9(7-12(11)18)22-16(24)10(15(23)21-22)5-8-1-4-13(19)14(20)6-8/h1-7H,(H,21,23)/b10-5+. The summed E-state index contributed by atoms with van der Waals surface area (Å²) in [6.07, 6.45) is 1.18. The summed E-state index contributed by atoms with van der Waals surface area (Å²) in [5.41, 5.74) is 2.65. The molecule has 0 atom stereocenters. The maximum Gasteiger partial charge on any atom is 0.282 e. The van der Waals surface area contributed by atoms with Gasteiger partial charge in [0.2, 0.25) is 0 Å². The van der Waals surface area contributed by atoms with Gasteiger partial charge in [0.15, 0.2) is 11.6 Å². The van der Waals surface area contributed by atoms with Crippen LogP contribution in [0.2, 0.25) is 10.0 Å². The summed E-state index contributed by atoms with van der Waals surface area (Å²) in [5.74, 6) is -3.41. The lowest BCUT2D eigenvalue weighted by molar-refractivity contribution is -0.117. The number of carbonyl (C=O) groups excluding carboxylic acids is 2. The molecule has 4 nitrogen and oxygen atoms in total. The number of anilines is 1. The van der Waals surface area contributed by atoms with Gasteiger partial charge in [0.25, 0.3) is 11.8 Å². The molecule has 0 aromatic heterocycles. The van der Waals surface area contributed by atoms with E-state index in [9.17, 15) is 18.4 Å². The third-order valence-electron chi connectivity index (χ3n) is 3.31. The number of hydrazine groups is 1. The summed E-state index contributed by atoms with van der Waals surface area (Å²) >= 11 is 11.7. The molecule has 122 valence electrons. The molecule has 8 heteroatoms. The van der Waals surface area contributed by atoms with Crippen LogP contribution in [0, 0.1) is 11.6 Å². The van der Waals surface area contributed by atoms with Crippen LogP contribution in [0.15, 0.2) is 42.0 Å². The second kappa shape index (κ2) is 6.22. The van der Waals surface area contributed by atoms with E-state index < -0.39 is 23.4 Å². The largest absolute Gasteiger partial charge is 0.282 e. The number of carbonyl (C=O) groups is 2. The molecule has 2 aromatic rings. The van der Waals surface area contributed by atoms with Gasteiger partial charge >= 0.3 is 0 Å². The van der Waals surface area contributed by atoms with E-state index in [4.69, 9.17) is 23.2 Å². The van der Waals surface area contributed by atoms with Gasteiger partial charge in [0.05, 0.1) is 15.7 Å². The lowest BCUT2D eigenvalue weighted by Gasteiger charge is -2.15. The van der Waals surface area contributed by atoms with Crippen molar-refractivity contribution in [2.45, 2.75) is 0 Å². The number of hydrogen-bond acceptors (Lipinski definition) is 2. The van der Waals surface area contributed by atoms with Gasteiger partial charge in [-0.2, -0.15) is 0 Å². The van der Waals surface area contributed by atoms with Crippen LogP contribution >= 0.6 is 23.2 Å². The van der Waals surface area contributed by atoms with Gasteiger partial charge in [-0.25, -0.2) is 13.8 Å². The first-order valence-electron chi connectivity index (χ1n) is 6.64. The normalized spacial score (nSPS) is 16.0. The van der Waals surface area contributed by atoms with Crippen LogP contribution in [0.3, 0.4) is 0 Å². The Morgan fingerprint density at radius 1 is 0.958 bits per heavy atom. The van der Waals surface area contributed by atoms with Gasteiger partial charge in [-0.1, -0.05) is 29.3 Å². The second-order valence-electron chi connectivity index (χ2n) is 4.91. The highest BCUT2D eigenvalue weighted by molar-refractivity contribution is 6.42. The fraction of sp³-hybridized carbons (Fsp3) is 0. The number of nitrogens with one attached hydrogen (secondary N) is 1. The van der Waals surface area contributed by atoms with E-state index >= 15 is 0 Å². The van der Waals surface area contributed by atoms with Crippen molar-refractivity contribution < 1.29 is 18.4 Å². The fourth-order valence-corrected chi connectivity index (χ4v) is 2.42. The van der Waals surface area contributed by atoms with Crippen LogP contribution in [0.25, 0.3) is 6.08 Å². The Hall–Kier alpha value is -2.44. The Morgan fingerprint density at radius 3 is 2.38 bits per heavy atom.